The van der Waals surface area contributed by atoms with E-state index in [2.05, 4.69) is 45.0 Å². The number of rotatable bonds is 6. The SMILES string of the molecule is C=C(NCc1c(C)cc(N)nc1C)c1ccnc(Cc2ccc3nc(C#N)ccc3c2)c1. The first-order valence-corrected chi connectivity index (χ1v) is 10.3. The van der Waals surface area contributed by atoms with Crippen molar-refractivity contribution in [1.82, 2.24) is 20.3 Å². The summed E-state index contributed by atoms with van der Waals surface area (Å²) in [5.74, 6) is 0.538. The summed E-state index contributed by atoms with van der Waals surface area (Å²) in [4.78, 5) is 13.2. The number of fused-ring (bicyclic) bond motifs is 1. The first kappa shape index (κ1) is 21.0. The molecule has 3 N–H and O–H groups in total. The summed E-state index contributed by atoms with van der Waals surface area (Å²) in [7, 11) is 0. The molecule has 0 saturated heterocycles. The van der Waals surface area contributed by atoms with Gasteiger partial charge < -0.3 is 11.1 Å². The second-order valence-corrected chi connectivity index (χ2v) is 7.81. The number of nitriles is 1. The van der Waals surface area contributed by atoms with Crippen LogP contribution in [0.25, 0.3) is 16.6 Å². The summed E-state index contributed by atoms with van der Waals surface area (Å²) in [6.07, 6.45) is 2.50. The molecule has 0 radical (unpaired) electrons. The molecule has 4 rings (SSSR count). The second kappa shape index (κ2) is 8.86. The molecular weight excluding hydrogens is 396 g/mol. The van der Waals surface area contributed by atoms with Gasteiger partial charge >= 0.3 is 0 Å². The fraction of sp³-hybridized carbons (Fsp3) is 0.154. The summed E-state index contributed by atoms with van der Waals surface area (Å²) >= 11 is 0. The predicted octanol–water partition coefficient (Wildman–Crippen LogP) is 4.45. The van der Waals surface area contributed by atoms with Gasteiger partial charge in [-0.25, -0.2) is 9.97 Å². The van der Waals surface area contributed by atoms with Gasteiger partial charge in [0.1, 0.15) is 17.6 Å². The summed E-state index contributed by atoms with van der Waals surface area (Å²) in [5, 5.41) is 13.4. The number of aromatic nitrogens is 3. The van der Waals surface area contributed by atoms with Crippen LogP contribution in [-0.4, -0.2) is 15.0 Å². The number of hydrogen-bond donors (Lipinski definition) is 2. The average molecular weight is 421 g/mol. The van der Waals surface area contributed by atoms with Gasteiger partial charge in [0.15, 0.2) is 0 Å². The van der Waals surface area contributed by atoms with Crippen LogP contribution in [-0.2, 0) is 13.0 Å². The van der Waals surface area contributed by atoms with Crippen molar-refractivity contribution in [3.8, 4) is 6.07 Å². The standard InChI is InChI=1S/C26H24N6/c1-16-10-26(28)31-18(3)24(16)15-30-17(2)20-8-9-29-23(13-20)12-19-4-7-25-21(11-19)5-6-22(14-27)32-25/h4-11,13,30H,2,12,15H2,1,3H3,(H2,28,31). The maximum absolute atomic E-state index is 9.02. The van der Waals surface area contributed by atoms with Gasteiger partial charge in [0.2, 0.25) is 0 Å². The molecular formula is C26H24N6. The third kappa shape index (κ3) is 4.57. The highest BCUT2D eigenvalue weighted by Crippen LogP contribution is 2.20. The molecule has 1 aromatic carbocycles. The number of nitrogens with zero attached hydrogens (tertiary/aromatic N) is 4. The predicted molar refractivity (Wildman–Crippen MR) is 127 cm³/mol. The number of pyridine rings is 3. The van der Waals surface area contributed by atoms with Crippen molar-refractivity contribution < 1.29 is 0 Å². The zero-order valence-electron chi connectivity index (χ0n) is 18.2. The highest BCUT2D eigenvalue weighted by Gasteiger charge is 2.08. The lowest BCUT2D eigenvalue weighted by molar-refractivity contribution is 0.861. The van der Waals surface area contributed by atoms with E-state index in [1.807, 2.05) is 44.2 Å². The summed E-state index contributed by atoms with van der Waals surface area (Å²) in [6.45, 7) is 8.84. The van der Waals surface area contributed by atoms with Gasteiger partial charge in [-0.3, -0.25) is 4.98 Å². The van der Waals surface area contributed by atoms with Gasteiger partial charge in [-0.15, -0.1) is 0 Å². The largest absolute Gasteiger partial charge is 0.384 e. The molecule has 0 unspecified atom stereocenters. The number of hydrogen-bond acceptors (Lipinski definition) is 6. The molecule has 0 aliphatic carbocycles. The average Bonchev–Trinajstić information content (AvgIpc) is 2.78. The minimum atomic E-state index is 0.422. The first-order chi connectivity index (χ1) is 15.4. The van der Waals surface area contributed by atoms with Gasteiger partial charge in [0.25, 0.3) is 0 Å². The number of nitrogen functional groups attached to an aromatic ring is 1. The fourth-order valence-corrected chi connectivity index (χ4v) is 3.77. The Bertz CT molecular complexity index is 1340. The maximum Gasteiger partial charge on any atom is 0.141 e. The summed E-state index contributed by atoms with van der Waals surface area (Å²) in [5.41, 5.74) is 14.1. The van der Waals surface area contributed by atoms with Crippen LogP contribution in [0, 0.1) is 25.2 Å². The molecule has 0 atom stereocenters. The van der Waals surface area contributed by atoms with Gasteiger partial charge in [0.05, 0.1) is 5.52 Å². The van der Waals surface area contributed by atoms with Crippen molar-refractivity contribution in [2.45, 2.75) is 26.8 Å². The highest BCUT2D eigenvalue weighted by atomic mass is 14.9. The molecule has 0 aliphatic heterocycles. The minimum absolute atomic E-state index is 0.422. The summed E-state index contributed by atoms with van der Waals surface area (Å²) in [6, 6.07) is 17.7. The molecule has 3 heterocycles. The minimum Gasteiger partial charge on any atom is -0.384 e. The maximum atomic E-state index is 9.02. The zero-order valence-corrected chi connectivity index (χ0v) is 18.2. The second-order valence-electron chi connectivity index (χ2n) is 7.81. The van der Waals surface area contributed by atoms with E-state index in [1.165, 1.54) is 0 Å². The first-order valence-electron chi connectivity index (χ1n) is 10.3. The van der Waals surface area contributed by atoms with Gasteiger partial charge in [-0.05, 0) is 73.0 Å². The highest BCUT2D eigenvalue weighted by molar-refractivity contribution is 5.80. The lowest BCUT2D eigenvalue weighted by Gasteiger charge is -2.14. The van der Waals surface area contributed by atoms with Crippen LogP contribution in [0.4, 0.5) is 5.82 Å². The lowest BCUT2D eigenvalue weighted by atomic mass is 10.0. The van der Waals surface area contributed by atoms with Crippen molar-refractivity contribution >= 4 is 22.4 Å². The van der Waals surface area contributed by atoms with Crippen LogP contribution >= 0.6 is 0 Å². The van der Waals surface area contributed by atoms with E-state index < -0.39 is 0 Å². The van der Waals surface area contributed by atoms with Crippen molar-refractivity contribution in [1.29, 1.82) is 5.26 Å². The molecule has 0 spiro atoms. The van der Waals surface area contributed by atoms with Crippen LogP contribution in [0.5, 0.6) is 0 Å². The monoisotopic (exact) mass is 420 g/mol. The Hall–Kier alpha value is -4.24. The Kier molecular flexibility index (Phi) is 5.82. The van der Waals surface area contributed by atoms with Gasteiger partial charge in [-0.1, -0.05) is 12.6 Å². The normalized spacial score (nSPS) is 10.7. The van der Waals surface area contributed by atoms with Crippen LogP contribution in [0.1, 0.15) is 39.3 Å². The van der Waals surface area contributed by atoms with E-state index in [-0.39, 0.29) is 0 Å². The third-order valence-electron chi connectivity index (χ3n) is 5.47. The smallest absolute Gasteiger partial charge is 0.141 e. The number of benzene rings is 1. The lowest BCUT2D eigenvalue weighted by Crippen LogP contribution is -2.14. The van der Waals surface area contributed by atoms with Crippen molar-refractivity contribution in [3.05, 3.63) is 101 Å². The van der Waals surface area contributed by atoms with Crippen LogP contribution in [0.15, 0.2) is 61.3 Å². The van der Waals surface area contributed by atoms with Crippen molar-refractivity contribution in [3.63, 3.8) is 0 Å². The number of anilines is 1. The molecule has 32 heavy (non-hydrogen) atoms. The van der Waals surface area contributed by atoms with Crippen LogP contribution < -0.4 is 11.1 Å². The molecule has 6 heteroatoms. The molecule has 0 saturated carbocycles. The molecule has 3 aromatic heterocycles. The molecule has 158 valence electrons. The van der Waals surface area contributed by atoms with Crippen molar-refractivity contribution in [2.24, 2.45) is 0 Å². The third-order valence-corrected chi connectivity index (χ3v) is 5.47. The van der Waals surface area contributed by atoms with E-state index in [1.54, 1.807) is 12.3 Å². The topological polar surface area (TPSA) is 101 Å². The Balaban J connectivity index is 1.48. The molecule has 0 bridgehead atoms. The Morgan fingerprint density at radius 1 is 1.09 bits per heavy atom. The van der Waals surface area contributed by atoms with E-state index in [4.69, 9.17) is 11.0 Å². The zero-order chi connectivity index (χ0) is 22.7. The number of nitrogens with two attached hydrogens (primary N) is 1. The quantitative estimate of drug-likeness (QED) is 0.478. The Morgan fingerprint density at radius 2 is 1.94 bits per heavy atom. The van der Waals surface area contributed by atoms with Gasteiger partial charge in [-0.2, -0.15) is 5.26 Å². The van der Waals surface area contributed by atoms with Crippen LogP contribution in [0.3, 0.4) is 0 Å². The van der Waals surface area contributed by atoms with Crippen molar-refractivity contribution in [2.75, 3.05) is 5.73 Å². The van der Waals surface area contributed by atoms with E-state index >= 15 is 0 Å². The van der Waals surface area contributed by atoms with Crippen LogP contribution in [0.2, 0.25) is 0 Å². The van der Waals surface area contributed by atoms with E-state index in [9.17, 15) is 0 Å². The molecule has 0 amide bonds. The molecule has 0 aliphatic rings. The Labute approximate surface area is 187 Å². The fourth-order valence-electron chi connectivity index (χ4n) is 3.77. The van der Waals surface area contributed by atoms with E-state index in [0.717, 1.165) is 50.2 Å². The van der Waals surface area contributed by atoms with Gasteiger partial charge in [0, 0.05) is 47.2 Å². The van der Waals surface area contributed by atoms with E-state index in [0.29, 0.717) is 24.5 Å². The number of aryl methyl sites for hydroxylation is 2. The Morgan fingerprint density at radius 3 is 2.72 bits per heavy atom. The molecule has 4 aromatic rings. The molecule has 0 fully saturated rings. The molecule has 6 nitrogen and oxygen atoms in total. The number of nitrogens with one attached hydrogen (secondary N) is 1. The summed E-state index contributed by atoms with van der Waals surface area (Å²) < 4.78 is 0.